The van der Waals surface area contributed by atoms with Gasteiger partial charge in [-0.2, -0.15) is 0 Å². The maximum Gasteiger partial charge on any atom is 0.228 e. The third-order valence-corrected chi connectivity index (χ3v) is 6.29. The summed E-state index contributed by atoms with van der Waals surface area (Å²) in [5.41, 5.74) is 4.04. The van der Waals surface area contributed by atoms with Gasteiger partial charge in [-0.15, -0.1) is 0 Å². The van der Waals surface area contributed by atoms with Crippen LogP contribution in [0.4, 0.5) is 0 Å². The summed E-state index contributed by atoms with van der Waals surface area (Å²) in [5, 5.41) is 41.1. The third kappa shape index (κ3) is 6.73. The molecule has 0 saturated heterocycles. The van der Waals surface area contributed by atoms with Crippen LogP contribution in [-0.4, -0.2) is 86.0 Å². The average Bonchev–Trinajstić information content (AvgIpc) is 2.88. The van der Waals surface area contributed by atoms with Gasteiger partial charge in [-0.1, -0.05) is 6.92 Å². The molecule has 0 radical (unpaired) electrons. The van der Waals surface area contributed by atoms with Gasteiger partial charge >= 0.3 is 0 Å². The largest absolute Gasteiger partial charge is 0.508 e. The maximum atomic E-state index is 13.9. The summed E-state index contributed by atoms with van der Waals surface area (Å²) in [7, 11) is 3.05. The molecule has 11 heteroatoms. The Morgan fingerprint density at radius 1 is 0.868 bits per heavy atom. The van der Waals surface area contributed by atoms with Crippen molar-refractivity contribution in [1.29, 1.82) is 0 Å². The fraction of sp³-hybridized carbons (Fsp3) is 0.481. The summed E-state index contributed by atoms with van der Waals surface area (Å²) < 4.78 is 21.5. The Morgan fingerprint density at radius 3 is 1.95 bits per heavy atom. The molecule has 0 bridgehead atoms. The summed E-state index contributed by atoms with van der Waals surface area (Å²) >= 11 is 0. The van der Waals surface area contributed by atoms with Gasteiger partial charge in [0.2, 0.25) is 5.91 Å². The van der Waals surface area contributed by atoms with Crippen molar-refractivity contribution in [1.82, 2.24) is 0 Å². The monoisotopic (exact) mass is 535 g/mol. The molecule has 0 atom stereocenters. The quantitative estimate of drug-likeness (QED) is 0.147. The molecule has 0 aliphatic carbocycles. The highest BCUT2D eigenvalue weighted by atomic mass is 16.5. The van der Waals surface area contributed by atoms with Crippen molar-refractivity contribution < 1.29 is 49.0 Å². The molecule has 2 aromatic rings. The van der Waals surface area contributed by atoms with E-state index in [9.17, 15) is 30.0 Å². The summed E-state index contributed by atoms with van der Waals surface area (Å²) in [6.45, 7) is 1.71. The summed E-state index contributed by atoms with van der Waals surface area (Å²) in [6.07, 6.45) is -0.307. The molecule has 0 aromatic heterocycles. The van der Waals surface area contributed by atoms with E-state index in [0.717, 1.165) is 6.07 Å². The van der Waals surface area contributed by atoms with E-state index in [4.69, 9.17) is 24.7 Å². The summed E-state index contributed by atoms with van der Waals surface area (Å²) in [4.78, 5) is 26.8. The van der Waals surface area contributed by atoms with E-state index >= 15 is 0 Å². The van der Waals surface area contributed by atoms with Crippen LogP contribution in [0.2, 0.25) is 0 Å². The number of aliphatic hydroxyl groups is 2. The highest BCUT2D eigenvalue weighted by Gasteiger charge is 2.44. The molecule has 2 aromatic carbocycles. The highest BCUT2D eigenvalue weighted by molar-refractivity contribution is 6.13. The van der Waals surface area contributed by atoms with E-state index in [1.54, 1.807) is 6.92 Å². The topological polar surface area (TPSA) is 178 Å². The third-order valence-electron chi connectivity index (χ3n) is 6.29. The molecular formula is C27H37NO10. The predicted molar refractivity (Wildman–Crippen MR) is 138 cm³/mol. The number of primary amides is 1. The number of ketones is 1. The molecule has 210 valence electrons. The minimum atomic E-state index is -1.74. The minimum Gasteiger partial charge on any atom is -0.508 e. The zero-order valence-corrected chi connectivity index (χ0v) is 22.0. The molecule has 38 heavy (non-hydrogen) atoms. The number of nitrogens with two attached hydrogens (primary N) is 1. The van der Waals surface area contributed by atoms with Crippen molar-refractivity contribution in [2.24, 2.45) is 5.73 Å². The van der Waals surface area contributed by atoms with Crippen molar-refractivity contribution in [3.63, 3.8) is 0 Å². The van der Waals surface area contributed by atoms with Crippen LogP contribution in [-0.2, 0) is 26.1 Å². The van der Waals surface area contributed by atoms with Gasteiger partial charge < -0.3 is 45.1 Å². The number of aromatic hydroxyl groups is 2. The van der Waals surface area contributed by atoms with Crippen LogP contribution < -0.4 is 15.2 Å². The van der Waals surface area contributed by atoms with Gasteiger partial charge in [0.25, 0.3) is 0 Å². The highest BCUT2D eigenvalue weighted by Crippen LogP contribution is 2.44. The van der Waals surface area contributed by atoms with Crippen molar-refractivity contribution in [3.8, 4) is 23.0 Å². The van der Waals surface area contributed by atoms with Crippen LogP contribution in [0, 0.1) is 0 Å². The molecule has 2 rings (SSSR count). The molecule has 0 fully saturated rings. The number of hydrogen-bond acceptors (Lipinski definition) is 10. The lowest BCUT2D eigenvalue weighted by Crippen LogP contribution is -2.44. The summed E-state index contributed by atoms with van der Waals surface area (Å²) in [5.74, 6) is -1.93. The van der Waals surface area contributed by atoms with Gasteiger partial charge in [-0.05, 0) is 48.6 Å². The predicted octanol–water partition coefficient (Wildman–Crippen LogP) is 1.43. The number of carbonyl (C=O) groups excluding carboxylic acids is 2. The Morgan fingerprint density at radius 2 is 1.45 bits per heavy atom. The van der Waals surface area contributed by atoms with E-state index in [0.29, 0.717) is 12.4 Å². The van der Waals surface area contributed by atoms with Crippen LogP contribution in [0.3, 0.4) is 0 Å². The van der Waals surface area contributed by atoms with E-state index in [-0.39, 0.29) is 72.8 Å². The number of methoxy groups -OCH3 is 2. The van der Waals surface area contributed by atoms with Crippen molar-refractivity contribution in [2.45, 2.75) is 31.6 Å². The molecule has 0 heterocycles. The van der Waals surface area contributed by atoms with Gasteiger partial charge in [0, 0.05) is 39.1 Å². The maximum absolute atomic E-state index is 13.9. The molecule has 0 unspecified atom stereocenters. The number of phenols is 2. The van der Waals surface area contributed by atoms with E-state index in [1.165, 1.54) is 32.4 Å². The Bertz CT molecular complexity index is 1100. The second kappa shape index (κ2) is 14.5. The smallest absolute Gasteiger partial charge is 0.228 e. The Hall–Kier alpha value is -3.38. The molecule has 0 saturated carbocycles. The lowest BCUT2D eigenvalue weighted by Gasteiger charge is -2.34. The standard InChI is InChI=1S/C27H37NO10/c1-4-18-19(31)16-20(32)23(24(18)27(7-9-29,8-10-30)26(28)34)25(33)17-5-6-21(37-13-11-35-2)22(15-17)38-14-12-36-3/h5-6,15-16,29-32H,4,7-14H2,1-3H3,(H2,28,34). The van der Waals surface area contributed by atoms with Crippen molar-refractivity contribution in [3.05, 3.63) is 46.5 Å². The molecule has 6 N–H and O–H groups in total. The number of phenolic OH excluding ortho intramolecular Hbond substituents is 2. The fourth-order valence-corrected chi connectivity index (χ4v) is 4.43. The number of ether oxygens (including phenoxy) is 4. The first-order valence-electron chi connectivity index (χ1n) is 12.2. The lowest BCUT2D eigenvalue weighted by atomic mass is 9.69. The minimum absolute atomic E-state index is 0.0274. The van der Waals surface area contributed by atoms with Gasteiger partial charge in [-0.25, -0.2) is 0 Å². The van der Waals surface area contributed by atoms with Crippen LogP contribution >= 0.6 is 0 Å². The zero-order valence-electron chi connectivity index (χ0n) is 22.0. The fourth-order valence-electron chi connectivity index (χ4n) is 4.43. The first-order chi connectivity index (χ1) is 18.2. The Labute approximate surface area is 221 Å². The average molecular weight is 536 g/mol. The summed E-state index contributed by atoms with van der Waals surface area (Å²) in [6, 6.07) is 5.47. The lowest BCUT2D eigenvalue weighted by molar-refractivity contribution is -0.124. The first kappa shape index (κ1) is 30.8. The SMILES string of the molecule is CCc1c(O)cc(O)c(C(=O)c2ccc(OCCOC)c(OCCOC)c2)c1C(CCO)(CCO)C(N)=O. The van der Waals surface area contributed by atoms with Gasteiger partial charge in [0.15, 0.2) is 17.3 Å². The van der Waals surface area contributed by atoms with E-state index in [1.807, 2.05) is 0 Å². The number of rotatable bonds is 17. The number of amides is 1. The normalized spacial score (nSPS) is 11.4. The van der Waals surface area contributed by atoms with Crippen molar-refractivity contribution >= 4 is 11.7 Å². The number of carbonyl (C=O) groups is 2. The Kier molecular flexibility index (Phi) is 11.8. The van der Waals surface area contributed by atoms with Crippen LogP contribution in [0.5, 0.6) is 23.0 Å². The molecule has 1 amide bonds. The van der Waals surface area contributed by atoms with Gasteiger partial charge in [-0.3, -0.25) is 9.59 Å². The number of benzene rings is 2. The van der Waals surface area contributed by atoms with Gasteiger partial charge in [0.05, 0.1) is 24.2 Å². The van der Waals surface area contributed by atoms with Crippen LogP contribution in [0.25, 0.3) is 0 Å². The van der Waals surface area contributed by atoms with Gasteiger partial charge in [0.1, 0.15) is 24.7 Å². The van der Waals surface area contributed by atoms with E-state index in [2.05, 4.69) is 0 Å². The second-order valence-corrected chi connectivity index (χ2v) is 8.56. The molecule has 11 nitrogen and oxygen atoms in total. The molecule has 0 aliphatic heterocycles. The second-order valence-electron chi connectivity index (χ2n) is 8.56. The van der Waals surface area contributed by atoms with Crippen LogP contribution in [0.1, 0.15) is 46.8 Å². The van der Waals surface area contributed by atoms with E-state index < -0.39 is 36.1 Å². The molecular weight excluding hydrogens is 498 g/mol. The molecule has 0 spiro atoms. The zero-order chi connectivity index (χ0) is 28.3. The Balaban J connectivity index is 2.77. The molecule has 0 aliphatic rings. The number of aliphatic hydroxyl groups excluding tert-OH is 2. The van der Waals surface area contributed by atoms with Crippen molar-refractivity contribution in [2.75, 3.05) is 53.9 Å². The first-order valence-corrected chi connectivity index (χ1v) is 12.2. The van der Waals surface area contributed by atoms with Crippen LogP contribution in [0.15, 0.2) is 24.3 Å². The number of hydrogen-bond donors (Lipinski definition) is 5.